The summed E-state index contributed by atoms with van der Waals surface area (Å²) in [6.07, 6.45) is 0.453. The van der Waals surface area contributed by atoms with E-state index >= 15 is 0 Å². The number of para-hydroxylation sites is 1. The van der Waals surface area contributed by atoms with Crippen LogP contribution in [-0.4, -0.2) is 63.0 Å². The Morgan fingerprint density at radius 3 is 1.80 bits per heavy atom. The van der Waals surface area contributed by atoms with Gasteiger partial charge in [0.25, 0.3) is 11.8 Å². The van der Waals surface area contributed by atoms with Crippen molar-refractivity contribution >= 4 is 87.5 Å². The molecule has 2 aliphatic heterocycles. The Bertz CT molecular complexity index is 1700. The molecule has 0 aromatic heterocycles. The molecule has 6 rings (SSSR count). The highest BCUT2D eigenvalue weighted by Crippen LogP contribution is 2.58. The first-order chi connectivity index (χ1) is 23.2. The number of hydrogen-bond donors (Lipinski definition) is 1. The first-order valence-corrected chi connectivity index (χ1v) is 19.3. The summed E-state index contributed by atoms with van der Waals surface area (Å²) in [7, 11) is -2.45. The van der Waals surface area contributed by atoms with Crippen molar-refractivity contribution in [2.75, 3.05) is 25.1 Å². The molecular formula is C36H31BrCl3N2O5PS. The molecule has 49 heavy (non-hydrogen) atoms. The van der Waals surface area contributed by atoms with Crippen molar-refractivity contribution in [3.8, 4) is 5.75 Å². The second kappa shape index (κ2) is 16.3. The summed E-state index contributed by atoms with van der Waals surface area (Å²) < 4.78 is 9.25. The van der Waals surface area contributed by atoms with Crippen molar-refractivity contribution in [3.05, 3.63) is 133 Å². The molecule has 0 radical (unpaired) electrons. The Hall–Kier alpha value is -3.04. The van der Waals surface area contributed by atoms with Crippen LogP contribution in [-0.2, 0) is 19.1 Å². The van der Waals surface area contributed by atoms with Crippen LogP contribution in [0.25, 0.3) is 0 Å². The topological polar surface area (TPSA) is 84.9 Å². The second-order valence-electron chi connectivity index (χ2n) is 11.2. The van der Waals surface area contributed by atoms with E-state index in [1.54, 1.807) is 24.3 Å². The van der Waals surface area contributed by atoms with Crippen LogP contribution < -0.4 is 42.9 Å². The van der Waals surface area contributed by atoms with Crippen molar-refractivity contribution in [2.24, 2.45) is 0 Å². The lowest BCUT2D eigenvalue weighted by Crippen LogP contribution is -3.00. The summed E-state index contributed by atoms with van der Waals surface area (Å²) in [5, 5.41) is 5.61. The molecule has 4 aromatic carbocycles. The van der Waals surface area contributed by atoms with Gasteiger partial charge in [0.05, 0.1) is 6.16 Å². The summed E-state index contributed by atoms with van der Waals surface area (Å²) in [5.74, 6) is -0.695. The average Bonchev–Trinajstić information content (AvgIpc) is 3.12. The Morgan fingerprint density at radius 1 is 0.816 bits per heavy atom. The molecule has 0 aliphatic carbocycles. The zero-order chi connectivity index (χ0) is 33.7. The van der Waals surface area contributed by atoms with Crippen molar-refractivity contribution in [1.82, 2.24) is 10.2 Å². The van der Waals surface area contributed by atoms with E-state index in [9.17, 15) is 14.4 Å². The van der Waals surface area contributed by atoms with Gasteiger partial charge in [-0.25, -0.2) is 4.79 Å². The third-order valence-corrected chi connectivity index (χ3v) is 14.1. The number of halogens is 4. The van der Waals surface area contributed by atoms with Gasteiger partial charge in [0.1, 0.15) is 52.6 Å². The number of esters is 1. The summed E-state index contributed by atoms with van der Waals surface area (Å²) in [5.41, 5.74) is 0.859. The van der Waals surface area contributed by atoms with E-state index < -0.39 is 46.9 Å². The van der Waals surface area contributed by atoms with Crippen molar-refractivity contribution in [3.63, 3.8) is 0 Å². The van der Waals surface area contributed by atoms with E-state index in [1.807, 2.05) is 60.7 Å². The van der Waals surface area contributed by atoms with Crippen LogP contribution in [0.1, 0.15) is 0 Å². The molecule has 7 nitrogen and oxygen atoms in total. The number of rotatable bonds is 11. The third kappa shape index (κ3) is 8.30. The van der Waals surface area contributed by atoms with E-state index in [2.05, 4.69) is 41.7 Å². The van der Waals surface area contributed by atoms with Gasteiger partial charge in [0, 0.05) is 11.3 Å². The van der Waals surface area contributed by atoms with Gasteiger partial charge in [-0.1, -0.05) is 108 Å². The lowest BCUT2D eigenvalue weighted by Gasteiger charge is -2.50. The van der Waals surface area contributed by atoms with E-state index in [0.29, 0.717) is 17.7 Å². The normalized spacial score (nSPS) is 17.3. The maximum Gasteiger partial charge on any atom is 0.355 e. The maximum atomic E-state index is 13.9. The number of ether oxygens (including phenoxy) is 2. The van der Waals surface area contributed by atoms with E-state index in [0.717, 1.165) is 21.5 Å². The van der Waals surface area contributed by atoms with Gasteiger partial charge in [-0.05, 0) is 48.5 Å². The Labute approximate surface area is 315 Å². The highest BCUT2D eigenvalue weighted by Gasteiger charge is 2.56. The van der Waals surface area contributed by atoms with Crippen molar-refractivity contribution in [1.29, 1.82) is 0 Å². The molecular weight excluding hydrogens is 790 g/mol. The largest absolute Gasteiger partial charge is 1.00 e. The predicted octanol–water partition coefficient (Wildman–Crippen LogP) is 2.63. The Balaban J connectivity index is 0.00000468. The number of carbonyl (C=O) groups excluding carboxylic acids is 3. The highest BCUT2D eigenvalue weighted by molar-refractivity contribution is 8.00. The van der Waals surface area contributed by atoms with E-state index in [-0.39, 0.29) is 29.3 Å². The number of nitrogens with one attached hydrogen (secondary N) is 1. The monoisotopic (exact) mass is 818 g/mol. The first-order valence-electron chi connectivity index (χ1n) is 15.1. The third-order valence-electron chi connectivity index (χ3n) is 8.06. The van der Waals surface area contributed by atoms with Gasteiger partial charge in [0.2, 0.25) is 3.79 Å². The number of amides is 2. The lowest BCUT2D eigenvalue weighted by molar-refractivity contribution is -0.153. The summed E-state index contributed by atoms with van der Waals surface area (Å²) in [6, 6.07) is 38.8. The fraction of sp³-hybridized carbons (Fsp3) is 0.194. The second-order valence-corrected chi connectivity index (χ2v) is 18.3. The molecule has 2 atom stereocenters. The predicted molar refractivity (Wildman–Crippen MR) is 195 cm³/mol. The van der Waals surface area contributed by atoms with Gasteiger partial charge in [-0.15, -0.1) is 11.8 Å². The number of alkyl halides is 3. The maximum absolute atomic E-state index is 13.9. The number of thioether (sulfide) groups is 1. The molecule has 0 unspecified atom stereocenters. The van der Waals surface area contributed by atoms with Crippen molar-refractivity contribution in [2.45, 2.75) is 15.2 Å². The molecule has 254 valence electrons. The van der Waals surface area contributed by atoms with Crippen LogP contribution >= 0.6 is 53.8 Å². The fourth-order valence-corrected chi connectivity index (χ4v) is 11.9. The summed E-state index contributed by atoms with van der Waals surface area (Å²) >= 11 is 19.4. The first kappa shape index (κ1) is 37.2. The Morgan fingerprint density at radius 2 is 1.31 bits per heavy atom. The number of nitrogens with zero attached hydrogens (tertiary/aromatic N) is 1. The number of carbonyl (C=O) groups is 3. The van der Waals surface area contributed by atoms with Gasteiger partial charge in [-0.2, -0.15) is 0 Å². The number of β-lactam (4-membered cyclic amide) rings is 1. The summed E-state index contributed by atoms with van der Waals surface area (Å²) in [4.78, 5) is 42.0. The van der Waals surface area contributed by atoms with Crippen LogP contribution in [0.15, 0.2) is 133 Å². The SMILES string of the molecule is O=C(COc1ccccc1)N[C@@H]1C(=O)N2C(C(=O)OCC(Cl)(Cl)Cl)=C(C[P+](c3ccccc3)(c3ccccc3)c3ccccc3)CS[C@H]12.[Br-]. The molecule has 1 fully saturated rings. The average molecular weight is 821 g/mol. The van der Waals surface area contributed by atoms with E-state index in [4.69, 9.17) is 44.3 Å². The van der Waals surface area contributed by atoms with Crippen LogP contribution in [0, 0.1) is 0 Å². The molecule has 1 N–H and O–H groups in total. The van der Waals surface area contributed by atoms with Gasteiger partial charge in [-0.3, -0.25) is 14.5 Å². The minimum Gasteiger partial charge on any atom is -1.00 e. The zero-order valence-corrected chi connectivity index (χ0v) is 31.5. The molecule has 13 heteroatoms. The number of benzene rings is 4. The minimum atomic E-state index is -2.45. The molecule has 1 saturated heterocycles. The molecule has 2 amide bonds. The molecule has 2 heterocycles. The lowest BCUT2D eigenvalue weighted by atomic mass is 10.0. The Kier molecular flexibility index (Phi) is 12.4. The standard InChI is InChI=1S/C36H30Cl3N2O5PS.BrH/c37-36(38,39)24-46-35(44)32-25(23-48-34-31(33(43)41(32)34)40-30(42)21-45-26-13-5-1-6-14-26)22-47(27-15-7-2-8-16-27,28-17-9-3-10-18-28)29-19-11-4-12-20-29;/h1-20,31,34H,21-24H2;1H/t31-,34-;/m1./s1. The fourth-order valence-electron chi connectivity index (χ4n) is 5.94. The van der Waals surface area contributed by atoms with Gasteiger partial charge < -0.3 is 31.8 Å². The van der Waals surface area contributed by atoms with Crippen LogP contribution in [0.4, 0.5) is 0 Å². The molecule has 2 aliphatic rings. The quantitative estimate of drug-likeness (QED) is 0.109. The van der Waals surface area contributed by atoms with Crippen LogP contribution in [0.2, 0.25) is 0 Å². The molecule has 0 spiro atoms. The number of hydrogen-bond acceptors (Lipinski definition) is 6. The van der Waals surface area contributed by atoms with Crippen LogP contribution in [0.5, 0.6) is 5.75 Å². The summed E-state index contributed by atoms with van der Waals surface area (Å²) in [6.45, 7) is -0.761. The van der Waals surface area contributed by atoms with Crippen LogP contribution in [0.3, 0.4) is 0 Å². The highest BCUT2D eigenvalue weighted by atomic mass is 79.9. The van der Waals surface area contributed by atoms with Crippen molar-refractivity contribution < 1.29 is 40.8 Å². The van der Waals surface area contributed by atoms with E-state index in [1.165, 1.54) is 16.7 Å². The smallest absolute Gasteiger partial charge is 0.355 e. The zero-order valence-electron chi connectivity index (χ0n) is 25.9. The molecule has 4 aromatic rings. The number of fused-ring (bicyclic) bond motifs is 1. The molecule has 0 saturated carbocycles. The van der Waals surface area contributed by atoms with Gasteiger partial charge in [0.15, 0.2) is 6.61 Å². The minimum absolute atomic E-state index is 0. The molecule has 0 bridgehead atoms. The van der Waals surface area contributed by atoms with Gasteiger partial charge >= 0.3 is 5.97 Å².